The number of nitrogens with one attached hydrogen (secondary N) is 1. The highest BCUT2D eigenvalue weighted by atomic mass is 35.5. The predicted molar refractivity (Wildman–Crippen MR) is 81.7 cm³/mol. The third-order valence-corrected chi connectivity index (χ3v) is 3.78. The van der Waals surface area contributed by atoms with Crippen molar-refractivity contribution in [3.63, 3.8) is 0 Å². The molecule has 0 saturated carbocycles. The quantitative estimate of drug-likeness (QED) is 0.836. The van der Waals surface area contributed by atoms with Crippen LogP contribution in [0.5, 0.6) is 0 Å². The van der Waals surface area contributed by atoms with Crippen molar-refractivity contribution in [3.8, 4) is 0 Å². The van der Waals surface area contributed by atoms with E-state index in [4.69, 9.17) is 11.6 Å². The summed E-state index contributed by atoms with van der Waals surface area (Å²) < 4.78 is 15.4. The summed E-state index contributed by atoms with van der Waals surface area (Å²) in [5, 5.41) is 3.66. The molecule has 1 atom stereocenters. The molecule has 0 radical (unpaired) electrons. The van der Waals surface area contributed by atoms with Gasteiger partial charge in [0.15, 0.2) is 0 Å². The Morgan fingerprint density at radius 1 is 1.35 bits per heavy atom. The van der Waals surface area contributed by atoms with Gasteiger partial charge < -0.3 is 9.88 Å². The van der Waals surface area contributed by atoms with E-state index in [2.05, 4.69) is 31.4 Å². The molecule has 2 nitrogen and oxygen atoms in total. The third kappa shape index (κ3) is 3.62. The molecule has 1 N–H and O–H groups in total. The second-order valence-electron chi connectivity index (χ2n) is 5.01. The molecular weight excluding hydrogens is 275 g/mol. The lowest BCUT2D eigenvalue weighted by Gasteiger charge is -2.11. The average Bonchev–Trinajstić information content (AvgIpc) is 2.90. The van der Waals surface area contributed by atoms with Crippen LogP contribution in [0.1, 0.15) is 37.4 Å². The molecule has 0 spiro atoms. The molecular formula is C16H20ClFN2. The van der Waals surface area contributed by atoms with Gasteiger partial charge in [0, 0.05) is 25.0 Å². The van der Waals surface area contributed by atoms with Gasteiger partial charge in [-0.3, -0.25) is 0 Å². The number of nitrogens with zero attached hydrogens (tertiary/aromatic N) is 1. The Morgan fingerprint density at radius 3 is 2.90 bits per heavy atom. The maximum Gasteiger partial charge on any atom is 0.142 e. The second kappa shape index (κ2) is 6.91. The zero-order chi connectivity index (χ0) is 14.5. The van der Waals surface area contributed by atoms with E-state index in [0.29, 0.717) is 12.6 Å². The Labute approximate surface area is 124 Å². The predicted octanol–water partition coefficient (Wildman–Crippen LogP) is 4.39. The van der Waals surface area contributed by atoms with Gasteiger partial charge in [0.1, 0.15) is 5.82 Å². The molecule has 0 aliphatic carbocycles. The smallest absolute Gasteiger partial charge is 0.142 e. The number of hydrogen-bond acceptors (Lipinski definition) is 1. The molecule has 1 aromatic heterocycles. The molecule has 1 aromatic carbocycles. The fourth-order valence-corrected chi connectivity index (χ4v) is 2.35. The molecule has 0 amide bonds. The molecule has 20 heavy (non-hydrogen) atoms. The van der Waals surface area contributed by atoms with Crippen molar-refractivity contribution in [1.82, 2.24) is 9.88 Å². The first-order chi connectivity index (χ1) is 9.61. The van der Waals surface area contributed by atoms with E-state index in [1.54, 1.807) is 6.07 Å². The van der Waals surface area contributed by atoms with Crippen molar-refractivity contribution < 1.29 is 4.39 Å². The van der Waals surface area contributed by atoms with E-state index in [0.717, 1.165) is 18.5 Å². The zero-order valence-corrected chi connectivity index (χ0v) is 12.6. The van der Waals surface area contributed by atoms with Crippen molar-refractivity contribution in [2.24, 2.45) is 0 Å². The van der Waals surface area contributed by atoms with Gasteiger partial charge in [0.2, 0.25) is 0 Å². The first-order valence-electron chi connectivity index (χ1n) is 6.93. The highest BCUT2D eigenvalue weighted by Gasteiger charge is 2.09. The van der Waals surface area contributed by atoms with Gasteiger partial charge in [-0.2, -0.15) is 0 Å². The minimum Gasteiger partial charge on any atom is -0.350 e. The largest absolute Gasteiger partial charge is 0.350 e. The van der Waals surface area contributed by atoms with Gasteiger partial charge in [-0.25, -0.2) is 4.39 Å². The van der Waals surface area contributed by atoms with Crippen LogP contribution < -0.4 is 5.32 Å². The van der Waals surface area contributed by atoms with Crippen LogP contribution in [0.15, 0.2) is 36.7 Å². The summed E-state index contributed by atoms with van der Waals surface area (Å²) in [6, 6.07) is 7.32. The molecule has 0 fully saturated rings. The van der Waals surface area contributed by atoms with Crippen LogP contribution in [0.2, 0.25) is 5.02 Å². The Balaban J connectivity index is 2.07. The molecule has 2 aromatic rings. The minimum atomic E-state index is -0.366. The van der Waals surface area contributed by atoms with Crippen molar-refractivity contribution >= 4 is 11.6 Å². The first kappa shape index (κ1) is 15.1. The van der Waals surface area contributed by atoms with Crippen LogP contribution in [-0.4, -0.2) is 11.1 Å². The van der Waals surface area contributed by atoms with Crippen LogP contribution in [0.4, 0.5) is 4.39 Å². The van der Waals surface area contributed by atoms with E-state index in [9.17, 15) is 4.39 Å². The van der Waals surface area contributed by atoms with Crippen LogP contribution in [-0.2, 0) is 6.54 Å². The van der Waals surface area contributed by atoms with E-state index < -0.39 is 0 Å². The van der Waals surface area contributed by atoms with Crippen LogP contribution in [0, 0.1) is 5.82 Å². The lowest BCUT2D eigenvalue weighted by atomic mass is 10.2. The lowest BCUT2D eigenvalue weighted by molar-refractivity contribution is 0.569. The van der Waals surface area contributed by atoms with Gasteiger partial charge in [0.25, 0.3) is 0 Å². The summed E-state index contributed by atoms with van der Waals surface area (Å²) in [6.45, 7) is 5.88. The normalized spacial score (nSPS) is 12.6. The number of benzene rings is 1. The summed E-state index contributed by atoms with van der Waals surface area (Å²) in [7, 11) is 0. The SMILES string of the molecule is CCCNC(C)c1ccn(Cc2cccc(F)c2Cl)c1. The fourth-order valence-electron chi connectivity index (χ4n) is 2.16. The summed E-state index contributed by atoms with van der Waals surface area (Å²) >= 11 is 5.98. The minimum absolute atomic E-state index is 0.208. The van der Waals surface area contributed by atoms with Crippen molar-refractivity contribution in [2.75, 3.05) is 6.54 Å². The maximum absolute atomic E-state index is 13.4. The van der Waals surface area contributed by atoms with Crippen molar-refractivity contribution in [2.45, 2.75) is 32.9 Å². The van der Waals surface area contributed by atoms with E-state index >= 15 is 0 Å². The summed E-state index contributed by atoms with van der Waals surface area (Å²) in [4.78, 5) is 0. The second-order valence-corrected chi connectivity index (χ2v) is 5.38. The molecule has 0 aliphatic heterocycles. The van der Waals surface area contributed by atoms with Gasteiger partial charge >= 0.3 is 0 Å². The molecule has 1 heterocycles. The number of hydrogen-bond donors (Lipinski definition) is 1. The summed E-state index contributed by atoms with van der Waals surface area (Å²) in [5.41, 5.74) is 2.02. The third-order valence-electron chi connectivity index (χ3n) is 3.36. The van der Waals surface area contributed by atoms with Crippen LogP contribution >= 0.6 is 11.6 Å². The van der Waals surface area contributed by atoms with E-state index in [-0.39, 0.29) is 10.8 Å². The Morgan fingerprint density at radius 2 is 2.15 bits per heavy atom. The molecule has 0 aliphatic rings. The molecule has 108 valence electrons. The topological polar surface area (TPSA) is 17.0 Å². The number of aromatic nitrogens is 1. The van der Waals surface area contributed by atoms with Gasteiger partial charge in [-0.15, -0.1) is 0 Å². The van der Waals surface area contributed by atoms with Crippen LogP contribution in [0.3, 0.4) is 0 Å². The Hall–Kier alpha value is -1.32. The van der Waals surface area contributed by atoms with Gasteiger partial charge in [-0.1, -0.05) is 30.7 Å². The van der Waals surface area contributed by atoms with E-state index in [1.807, 2.05) is 16.8 Å². The van der Waals surface area contributed by atoms with Crippen molar-refractivity contribution in [1.29, 1.82) is 0 Å². The highest BCUT2D eigenvalue weighted by molar-refractivity contribution is 6.31. The standard InChI is InChI=1S/C16H20ClFN2/c1-3-8-19-12(2)13-7-9-20(10-13)11-14-5-4-6-15(18)16(14)17/h4-7,9-10,12,19H,3,8,11H2,1-2H3. The van der Waals surface area contributed by atoms with Gasteiger partial charge in [0.05, 0.1) is 5.02 Å². The van der Waals surface area contributed by atoms with E-state index in [1.165, 1.54) is 11.6 Å². The lowest BCUT2D eigenvalue weighted by Crippen LogP contribution is -2.18. The molecule has 2 rings (SSSR count). The summed E-state index contributed by atoms with van der Waals surface area (Å²) in [6.07, 6.45) is 5.19. The van der Waals surface area contributed by atoms with Crippen molar-refractivity contribution in [3.05, 3.63) is 58.6 Å². The zero-order valence-electron chi connectivity index (χ0n) is 11.9. The summed E-state index contributed by atoms with van der Waals surface area (Å²) in [5.74, 6) is -0.366. The first-order valence-corrected chi connectivity index (χ1v) is 7.31. The molecule has 0 saturated heterocycles. The highest BCUT2D eigenvalue weighted by Crippen LogP contribution is 2.21. The molecule has 1 unspecified atom stereocenters. The monoisotopic (exact) mass is 294 g/mol. The number of rotatable bonds is 6. The number of halogens is 2. The van der Waals surface area contributed by atoms with Gasteiger partial charge in [-0.05, 0) is 43.1 Å². The Bertz CT molecular complexity index is 565. The Kier molecular flexibility index (Phi) is 5.21. The fraction of sp³-hybridized carbons (Fsp3) is 0.375. The average molecular weight is 295 g/mol. The van der Waals surface area contributed by atoms with Crippen LogP contribution in [0.25, 0.3) is 0 Å². The molecule has 0 bridgehead atoms. The maximum atomic E-state index is 13.4. The molecule has 4 heteroatoms.